The van der Waals surface area contributed by atoms with E-state index in [1.165, 1.54) is 0 Å². The first kappa shape index (κ1) is 15.0. The first-order valence-electron chi connectivity index (χ1n) is 7.17. The molecule has 0 radical (unpaired) electrons. The quantitative estimate of drug-likeness (QED) is 0.578. The summed E-state index contributed by atoms with van der Waals surface area (Å²) in [6, 6.07) is 14.9. The molecular formula is C19H20O2. The second kappa shape index (κ2) is 6.89. The zero-order valence-corrected chi connectivity index (χ0v) is 12.5. The number of aryl methyl sites for hydroxylation is 1. The number of hydrogen-bond acceptors (Lipinski definition) is 2. The summed E-state index contributed by atoms with van der Waals surface area (Å²) in [5, 5.41) is 0. The van der Waals surface area contributed by atoms with E-state index in [4.69, 9.17) is 4.74 Å². The lowest BCUT2D eigenvalue weighted by molar-refractivity contribution is 0.103. The minimum atomic E-state index is -0.0500. The maximum absolute atomic E-state index is 12.4. The maximum Gasteiger partial charge on any atom is 0.193 e. The Morgan fingerprint density at radius 1 is 1.19 bits per heavy atom. The molecule has 2 aromatic rings. The molecule has 0 unspecified atom stereocenters. The molecule has 0 N–H and O–H groups in total. The number of ether oxygens (including phenoxy) is 1. The van der Waals surface area contributed by atoms with E-state index < -0.39 is 0 Å². The molecule has 0 heterocycles. The van der Waals surface area contributed by atoms with Crippen LogP contribution in [-0.4, -0.2) is 11.9 Å². The van der Waals surface area contributed by atoms with Gasteiger partial charge in [0.2, 0.25) is 0 Å². The van der Waals surface area contributed by atoms with Gasteiger partial charge >= 0.3 is 0 Å². The van der Waals surface area contributed by atoms with Gasteiger partial charge in [0.15, 0.2) is 5.78 Å². The van der Waals surface area contributed by atoms with Gasteiger partial charge in [-0.1, -0.05) is 49.9 Å². The molecule has 0 saturated heterocycles. The lowest BCUT2D eigenvalue weighted by Gasteiger charge is -2.15. The van der Waals surface area contributed by atoms with Crippen LogP contribution in [0.2, 0.25) is 0 Å². The Hall–Kier alpha value is -2.35. The second-order valence-electron chi connectivity index (χ2n) is 4.93. The molecule has 2 nitrogen and oxygen atoms in total. The van der Waals surface area contributed by atoms with Gasteiger partial charge in [0.25, 0.3) is 0 Å². The van der Waals surface area contributed by atoms with Gasteiger partial charge in [-0.25, -0.2) is 0 Å². The van der Waals surface area contributed by atoms with Crippen LogP contribution in [0.25, 0.3) is 0 Å². The predicted molar refractivity (Wildman–Crippen MR) is 86.0 cm³/mol. The van der Waals surface area contributed by atoms with Crippen molar-refractivity contribution < 1.29 is 9.53 Å². The minimum Gasteiger partial charge on any atom is -0.486 e. The summed E-state index contributed by atoms with van der Waals surface area (Å²) in [5.74, 6) is 0.850. The van der Waals surface area contributed by atoms with Gasteiger partial charge in [-0.3, -0.25) is 4.79 Å². The van der Waals surface area contributed by atoms with Crippen LogP contribution in [0.3, 0.4) is 0 Å². The molecule has 2 heteroatoms. The summed E-state index contributed by atoms with van der Waals surface area (Å²) in [7, 11) is 0. The Kier molecular flexibility index (Phi) is 4.94. The van der Waals surface area contributed by atoms with Gasteiger partial charge in [0.05, 0.1) is 0 Å². The molecule has 0 aliphatic rings. The fourth-order valence-electron chi connectivity index (χ4n) is 2.12. The smallest absolute Gasteiger partial charge is 0.193 e. The lowest BCUT2D eigenvalue weighted by Crippen LogP contribution is -2.10. The Morgan fingerprint density at radius 2 is 1.90 bits per heavy atom. The highest BCUT2D eigenvalue weighted by molar-refractivity contribution is 6.09. The Labute approximate surface area is 126 Å². The molecule has 0 amide bonds. The van der Waals surface area contributed by atoms with Crippen LogP contribution in [0.5, 0.6) is 5.75 Å². The summed E-state index contributed by atoms with van der Waals surface area (Å²) in [4.78, 5) is 12.4. The molecule has 0 saturated carbocycles. The predicted octanol–water partition coefficient (Wildman–Crippen LogP) is 4.43. The van der Waals surface area contributed by atoms with Crippen LogP contribution < -0.4 is 4.74 Å². The van der Waals surface area contributed by atoms with E-state index in [9.17, 15) is 4.79 Å². The summed E-state index contributed by atoms with van der Waals surface area (Å²) in [5.41, 5.74) is 2.43. The molecule has 0 aliphatic heterocycles. The van der Waals surface area contributed by atoms with E-state index in [-0.39, 0.29) is 11.9 Å². The Bertz CT molecular complexity index is 629. The van der Waals surface area contributed by atoms with Crippen LogP contribution in [0.4, 0.5) is 0 Å². The van der Waals surface area contributed by atoms with Crippen molar-refractivity contribution in [2.45, 2.75) is 26.4 Å². The second-order valence-corrected chi connectivity index (χ2v) is 4.93. The molecule has 21 heavy (non-hydrogen) atoms. The van der Waals surface area contributed by atoms with E-state index in [1.54, 1.807) is 6.08 Å². The monoisotopic (exact) mass is 280 g/mol. The topological polar surface area (TPSA) is 26.3 Å². The number of benzene rings is 2. The average Bonchev–Trinajstić information content (AvgIpc) is 2.55. The fourth-order valence-corrected chi connectivity index (χ4v) is 2.12. The number of rotatable bonds is 6. The minimum absolute atomic E-state index is 0.0358. The van der Waals surface area contributed by atoms with Crippen molar-refractivity contribution in [3.05, 3.63) is 77.9 Å². The van der Waals surface area contributed by atoms with Gasteiger partial charge < -0.3 is 4.74 Å². The summed E-state index contributed by atoms with van der Waals surface area (Å²) < 4.78 is 5.80. The molecule has 108 valence electrons. The first-order valence-corrected chi connectivity index (χ1v) is 7.17. The molecule has 0 aromatic heterocycles. The lowest BCUT2D eigenvalue weighted by atomic mass is 10.00. The fraction of sp³-hybridized carbons (Fsp3) is 0.211. The molecule has 2 rings (SSSR count). The van der Waals surface area contributed by atoms with Crippen LogP contribution >= 0.6 is 0 Å². The highest BCUT2D eigenvalue weighted by Gasteiger charge is 2.12. The molecule has 0 spiro atoms. The third-order valence-electron chi connectivity index (χ3n) is 3.38. The van der Waals surface area contributed by atoms with E-state index in [0.29, 0.717) is 11.1 Å². The Morgan fingerprint density at radius 3 is 2.52 bits per heavy atom. The van der Waals surface area contributed by atoms with Gasteiger partial charge in [-0.2, -0.15) is 0 Å². The number of hydrogen-bond donors (Lipinski definition) is 0. The van der Waals surface area contributed by atoms with E-state index in [0.717, 1.165) is 17.7 Å². The van der Waals surface area contributed by atoms with Crippen molar-refractivity contribution >= 4 is 5.78 Å². The van der Waals surface area contributed by atoms with Crippen LogP contribution in [-0.2, 0) is 6.42 Å². The van der Waals surface area contributed by atoms with Crippen LogP contribution in [0.15, 0.2) is 61.2 Å². The van der Waals surface area contributed by atoms with Crippen molar-refractivity contribution in [2.75, 3.05) is 0 Å². The molecule has 0 aliphatic carbocycles. The van der Waals surface area contributed by atoms with Crippen molar-refractivity contribution in [1.82, 2.24) is 0 Å². The molecule has 2 aromatic carbocycles. The standard InChI is InChI=1S/C19H20O2/c1-4-14(3)21-18-12-11-17(13-15(18)5-2)19(20)16-9-7-6-8-10-16/h4,6-14H,1,5H2,2-3H3/t14-/m0/s1. The van der Waals surface area contributed by atoms with Gasteiger partial charge in [-0.05, 0) is 37.1 Å². The molecule has 0 bridgehead atoms. The highest BCUT2D eigenvalue weighted by Crippen LogP contribution is 2.23. The van der Waals surface area contributed by atoms with Crippen molar-refractivity contribution in [3.63, 3.8) is 0 Å². The maximum atomic E-state index is 12.4. The molecule has 1 atom stereocenters. The first-order chi connectivity index (χ1) is 10.2. The summed E-state index contributed by atoms with van der Waals surface area (Å²) >= 11 is 0. The van der Waals surface area contributed by atoms with Crippen LogP contribution in [0, 0.1) is 0 Å². The number of carbonyl (C=O) groups is 1. The molecular weight excluding hydrogens is 260 g/mol. The highest BCUT2D eigenvalue weighted by atomic mass is 16.5. The number of carbonyl (C=O) groups excluding carboxylic acids is 1. The van der Waals surface area contributed by atoms with Crippen molar-refractivity contribution in [2.24, 2.45) is 0 Å². The Balaban J connectivity index is 2.30. The zero-order valence-electron chi connectivity index (χ0n) is 12.5. The van der Waals surface area contributed by atoms with Gasteiger partial charge in [0.1, 0.15) is 11.9 Å². The normalized spacial score (nSPS) is 11.7. The van der Waals surface area contributed by atoms with Crippen molar-refractivity contribution in [3.8, 4) is 5.75 Å². The van der Waals surface area contributed by atoms with E-state index in [1.807, 2.05) is 55.5 Å². The van der Waals surface area contributed by atoms with E-state index in [2.05, 4.69) is 13.5 Å². The van der Waals surface area contributed by atoms with E-state index >= 15 is 0 Å². The average molecular weight is 280 g/mol. The zero-order chi connectivity index (χ0) is 15.2. The van der Waals surface area contributed by atoms with Crippen LogP contribution in [0.1, 0.15) is 35.3 Å². The van der Waals surface area contributed by atoms with Crippen molar-refractivity contribution in [1.29, 1.82) is 0 Å². The van der Waals surface area contributed by atoms with Gasteiger partial charge in [-0.15, -0.1) is 0 Å². The summed E-state index contributed by atoms with van der Waals surface area (Å²) in [6.07, 6.45) is 2.52. The third kappa shape index (κ3) is 3.60. The summed E-state index contributed by atoms with van der Waals surface area (Å²) in [6.45, 7) is 7.71. The third-order valence-corrected chi connectivity index (χ3v) is 3.38. The largest absolute Gasteiger partial charge is 0.486 e. The molecule has 0 fully saturated rings. The number of ketones is 1. The SMILES string of the molecule is C=C[C@H](C)Oc1ccc(C(=O)c2ccccc2)cc1CC. The van der Waals surface area contributed by atoms with Gasteiger partial charge in [0, 0.05) is 11.1 Å².